The zero-order valence-electron chi connectivity index (χ0n) is 26.6. The van der Waals surface area contributed by atoms with Crippen molar-refractivity contribution >= 4 is 21.9 Å². The molecule has 0 saturated heterocycles. The van der Waals surface area contributed by atoms with E-state index in [1.807, 2.05) is 50.2 Å². The number of nitrogens with zero attached hydrogens (tertiary/aromatic N) is 2. The number of carbonyl (C=O) groups excluding carboxylic acids is 1. The fourth-order valence-corrected chi connectivity index (χ4v) is 9.17. The van der Waals surface area contributed by atoms with Gasteiger partial charge in [-0.2, -0.15) is 4.98 Å². The molecule has 6 rings (SSSR count). The molecule has 2 N–H and O–H groups in total. The minimum Gasteiger partial charge on any atom is -0.477 e. The van der Waals surface area contributed by atoms with E-state index in [2.05, 4.69) is 46.8 Å². The monoisotopic (exact) mass is 616 g/mol. The summed E-state index contributed by atoms with van der Waals surface area (Å²) in [6, 6.07) is 15.3. The highest BCUT2D eigenvalue weighted by Gasteiger charge is 2.57. The van der Waals surface area contributed by atoms with Gasteiger partial charge in [0.2, 0.25) is 17.7 Å². The van der Waals surface area contributed by atoms with Crippen molar-refractivity contribution in [1.29, 1.82) is 0 Å². The number of hydrogen-bond donors (Lipinski definition) is 2. The number of benzene rings is 2. The van der Waals surface area contributed by atoms with Gasteiger partial charge in [-0.25, -0.2) is 18.1 Å². The summed E-state index contributed by atoms with van der Waals surface area (Å²) >= 11 is 0. The Morgan fingerprint density at radius 3 is 2.36 bits per heavy atom. The van der Waals surface area contributed by atoms with Crippen molar-refractivity contribution in [2.24, 2.45) is 28.6 Å². The van der Waals surface area contributed by atoms with Crippen LogP contribution < -0.4 is 14.8 Å². The van der Waals surface area contributed by atoms with Gasteiger partial charge in [0.05, 0.1) is 17.2 Å². The summed E-state index contributed by atoms with van der Waals surface area (Å²) in [5, 5.41) is 2.81. The van der Waals surface area contributed by atoms with Crippen molar-refractivity contribution in [2.75, 3.05) is 18.4 Å². The first-order valence-corrected chi connectivity index (χ1v) is 17.2. The summed E-state index contributed by atoms with van der Waals surface area (Å²) in [5.41, 5.74) is 4.90. The van der Waals surface area contributed by atoms with E-state index in [9.17, 15) is 13.2 Å². The number of sulfonamides is 1. The van der Waals surface area contributed by atoms with Crippen molar-refractivity contribution in [1.82, 2.24) is 15.3 Å². The second-order valence-electron chi connectivity index (χ2n) is 14.6. The molecule has 2 aromatic carbocycles. The zero-order valence-corrected chi connectivity index (χ0v) is 27.4. The van der Waals surface area contributed by atoms with E-state index in [1.54, 1.807) is 13.1 Å². The van der Waals surface area contributed by atoms with Crippen LogP contribution in [0.1, 0.15) is 75.5 Å². The third-order valence-electron chi connectivity index (χ3n) is 9.92. The molecule has 2 heterocycles. The van der Waals surface area contributed by atoms with Crippen LogP contribution in [0.15, 0.2) is 53.4 Å². The van der Waals surface area contributed by atoms with Gasteiger partial charge in [0.15, 0.2) is 0 Å². The Morgan fingerprint density at radius 2 is 1.70 bits per heavy atom. The van der Waals surface area contributed by atoms with Gasteiger partial charge in [-0.05, 0) is 97.4 Å². The second-order valence-corrected chi connectivity index (χ2v) is 16.3. The van der Waals surface area contributed by atoms with Crippen molar-refractivity contribution in [3.63, 3.8) is 0 Å². The van der Waals surface area contributed by atoms with Crippen molar-refractivity contribution in [2.45, 2.75) is 77.5 Å². The predicted octanol–water partition coefficient (Wildman–Crippen LogP) is 6.64. The fraction of sp³-hybridized carbons (Fsp3) is 0.514. The van der Waals surface area contributed by atoms with Gasteiger partial charge in [-0.3, -0.25) is 4.79 Å². The second kappa shape index (κ2) is 11.2. The molecule has 1 aromatic heterocycles. The number of nitrogens with one attached hydrogen (secondary N) is 2. The molecule has 1 aliphatic heterocycles. The lowest BCUT2D eigenvalue weighted by Gasteiger charge is -2.60. The summed E-state index contributed by atoms with van der Waals surface area (Å²) in [6.07, 6.45) is 4.84. The molecule has 2 aliphatic carbocycles. The molecule has 1 unspecified atom stereocenters. The van der Waals surface area contributed by atoms with E-state index in [4.69, 9.17) is 4.74 Å². The maximum absolute atomic E-state index is 13.8. The van der Waals surface area contributed by atoms with E-state index in [-0.39, 0.29) is 45.3 Å². The van der Waals surface area contributed by atoms with Crippen LogP contribution in [-0.2, 0) is 14.8 Å². The zero-order chi connectivity index (χ0) is 31.4. The van der Waals surface area contributed by atoms with Crippen LogP contribution in [0.2, 0.25) is 0 Å². The number of rotatable bonds is 4. The molecule has 1 amide bonds. The van der Waals surface area contributed by atoms with Gasteiger partial charge < -0.3 is 10.1 Å². The molecule has 3 aliphatic rings. The lowest BCUT2D eigenvalue weighted by molar-refractivity contribution is -0.142. The number of aryl methyl sites for hydroxylation is 2. The van der Waals surface area contributed by atoms with E-state index in [0.717, 1.165) is 54.4 Å². The molecule has 44 heavy (non-hydrogen) atoms. The van der Waals surface area contributed by atoms with Crippen LogP contribution in [-0.4, -0.2) is 37.9 Å². The van der Waals surface area contributed by atoms with Crippen LogP contribution in [0, 0.1) is 42.4 Å². The smallest absolute Gasteiger partial charge is 0.264 e. The first-order chi connectivity index (χ1) is 20.8. The number of anilines is 1. The maximum atomic E-state index is 13.8. The van der Waals surface area contributed by atoms with E-state index >= 15 is 0 Å². The molecule has 4 bridgehead atoms. The Bertz CT molecular complexity index is 1660. The van der Waals surface area contributed by atoms with Gasteiger partial charge in [0, 0.05) is 30.5 Å². The Labute approximate surface area is 261 Å². The quantitative estimate of drug-likeness (QED) is 0.340. The molecular weight excluding hydrogens is 572 g/mol. The minimum absolute atomic E-state index is 0.00774. The minimum atomic E-state index is -3.97. The van der Waals surface area contributed by atoms with Gasteiger partial charge in [0.25, 0.3) is 10.0 Å². The van der Waals surface area contributed by atoms with Crippen LogP contribution in [0.3, 0.4) is 0 Å². The Morgan fingerprint density at radius 1 is 1.02 bits per heavy atom. The Kier molecular flexibility index (Phi) is 7.75. The fourth-order valence-electron chi connectivity index (χ4n) is 8.17. The molecule has 2 atom stereocenters. The normalized spacial score (nSPS) is 27.4. The highest BCUT2D eigenvalue weighted by atomic mass is 32.2. The van der Waals surface area contributed by atoms with E-state index in [1.165, 1.54) is 0 Å². The number of hydrogen-bond acceptors (Lipinski definition) is 6. The van der Waals surface area contributed by atoms with Crippen molar-refractivity contribution < 1.29 is 17.9 Å². The predicted molar refractivity (Wildman–Crippen MR) is 172 cm³/mol. The lowest BCUT2D eigenvalue weighted by atomic mass is 9.45. The number of ether oxygens (including phenoxy) is 1. The van der Waals surface area contributed by atoms with Gasteiger partial charge in [-0.1, -0.05) is 51.1 Å². The maximum Gasteiger partial charge on any atom is 0.264 e. The molecule has 2 saturated carbocycles. The summed E-state index contributed by atoms with van der Waals surface area (Å²) in [7, 11) is -2.26. The molecule has 8 nitrogen and oxygen atoms in total. The third-order valence-corrected chi connectivity index (χ3v) is 11.2. The average Bonchev–Trinajstić information content (AvgIpc) is 2.90. The molecule has 0 radical (unpaired) electrons. The van der Waals surface area contributed by atoms with Crippen molar-refractivity contribution in [3.05, 3.63) is 65.2 Å². The Balaban J connectivity index is 1.41. The molecule has 3 aromatic rings. The summed E-state index contributed by atoms with van der Waals surface area (Å²) in [4.78, 5) is 21.6. The molecular formula is C35H44N4O4S. The lowest BCUT2D eigenvalue weighted by Crippen LogP contribution is -2.53. The number of amides is 1. The summed E-state index contributed by atoms with van der Waals surface area (Å²) in [6.45, 7) is 11.2. The van der Waals surface area contributed by atoms with Crippen LogP contribution in [0.4, 0.5) is 5.95 Å². The van der Waals surface area contributed by atoms with E-state index < -0.39 is 10.0 Å². The van der Waals surface area contributed by atoms with E-state index in [0.29, 0.717) is 24.1 Å². The average molecular weight is 617 g/mol. The number of carbonyl (C=O) groups is 1. The standard InChI is InChI=1S/C35H44N4O4S/c1-21-9-7-10-22(2)30(21)28-14-29-38-33(37-28)39-44(41,42)27-12-8-11-23(13-27)31(26(20-43-29)15-34(3,4)5)24-16-35(17-24)18-25(19-35)32(40)36-6/h7-14,24-26,31H,15-20H2,1-6H3,(H,36,40)(H,37,38,39)/t24?,25?,26-,31?,35?/m1/s1. The van der Waals surface area contributed by atoms with Gasteiger partial charge >= 0.3 is 0 Å². The molecule has 2 fully saturated rings. The first-order valence-electron chi connectivity index (χ1n) is 15.7. The van der Waals surface area contributed by atoms with Crippen LogP contribution >= 0.6 is 0 Å². The van der Waals surface area contributed by atoms with Gasteiger partial charge in [0.1, 0.15) is 0 Å². The van der Waals surface area contributed by atoms with Gasteiger partial charge in [-0.15, -0.1) is 0 Å². The number of fused-ring (bicyclic) bond motifs is 4. The van der Waals surface area contributed by atoms with Crippen LogP contribution in [0.25, 0.3) is 11.3 Å². The Hall–Kier alpha value is -3.46. The third kappa shape index (κ3) is 5.95. The molecule has 1 spiro atoms. The topological polar surface area (TPSA) is 110 Å². The van der Waals surface area contributed by atoms with Crippen LogP contribution in [0.5, 0.6) is 5.88 Å². The SMILES string of the molecule is CNC(=O)C1CC2(C1)CC(C1c3cccc(c3)S(=O)(=O)Nc3nc(cc(-c4c(C)cccc4C)n3)OC[C@H]1CC(C)(C)C)C2. The molecule has 234 valence electrons. The summed E-state index contributed by atoms with van der Waals surface area (Å²) < 4.78 is 36.7. The largest absolute Gasteiger partial charge is 0.477 e. The highest BCUT2D eigenvalue weighted by molar-refractivity contribution is 7.92. The highest BCUT2D eigenvalue weighted by Crippen LogP contribution is 2.65. The first kappa shape index (κ1) is 30.6. The number of aromatic nitrogens is 2. The molecule has 9 heteroatoms. The van der Waals surface area contributed by atoms with Crippen molar-refractivity contribution in [3.8, 4) is 17.1 Å². The summed E-state index contributed by atoms with van der Waals surface area (Å²) in [5.74, 6) is 1.19.